The molecule has 1 aliphatic rings. The molecule has 0 amide bonds. The second kappa shape index (κ2) is 6.26. The van der Waals surface area contributed by atoms with Gasteiger partial charge in [-0.1, -0.05) is 30.3 Å². The van der Waals surface area contributed by atoms with E-state index >= 15 is 0 Å². The molecule has 2 rings (SSSR count). The zero-order valence-corrected chi connectivity index (χ0v) is 12.6. The lowest BCUT2D eigenvalue weighted by Crippen LogP contribution is -1.97. The summed E-state index contributed by atoms with van der Waals surface area (Å²) in [6.07, 6.45) is 1.98. The number of hydrogen-bond donors (Lipinski definition) is 0. The maximum Gasteiger partial charge on any atom is 0.0677 e. The van der Waals surface area contributed by atoms with Gasteiger partial charge in [-0.15, -0.1) is 30.1 Å². The fourth-order valence-electron chi connectivity index (χ4n) is 1.51. The predicted molar refractivity (Wildman–Crippen MR) is 85.0 cm³/mol. The maximum atomic E-state index is 3.76. The Morgan fingerprint density at radius 1 is 1.35 bits per heavy atom. The Morgan fingerprint density at radius 2 is 2.00 bits per heavy atom. The quantitative estimate of drug-likeness (QED) is 0.400. The third-order valence-electron chi connectivity index (χ3n) is 2.70. The summed E-state index contributed by atoms with van der Waals surface area (Å²) in [4.78, 5) is 0. The lowest BCUT2D eigenvalue weighted by atomic mass is 10.1. The first-order valence-corrected chi connectivity index (χ1v) is 8.89. The molecule has 0 radical (unpaired) electrons. The molecule has 0 aliphatic carbocycles. The topological polar surface area (TPSA) is 0 Å². The normalized spacial score (nSPS) is 22.4. The van der Waals surface area contributed by atoms with Crippen LogP contribution in [0.2, 0.25) is 0 Å². The Hall–Kier alpha value is 0.01000. The summed E-state index contributed by atoms with van der Waals surface area (Å²) in [5.41, 5.74) is 2.99. The summed E-state index contributed by atoms with van der Waals surface area (Å²) < 4.78 is 0.501. The number of rotatable bonds is 7. The zero-order chi connectivity index (χ0) is 12.1. The molecule has 1 aromatic carbocycles. The number of hydrogen-bond acceptors (Lipinski definition) is 3. The Bertz CT molecular complexity index is 383. The van der Waals surface area contributed by atoms with Gasteiger partial charge in [0.05, 0.1) is 4.08 Å². The average molecular weight is 282 g/mol. The minimum atomic E-state index is 0.501. The van der Waals surface area contributed by atoms with Crippen LogP contribution >= 0.6 is 35.3 Å². The van der Waals surface area contributed by atoms with E-state index in [1.807, 2.05) is 17.8 Å². The lowest BCUT2D eigenvalue weighted by Gasteiger charge is -2.11. The Kier molecular flexibility index (Phi) is 4.95. The van der Waals surface area contributed by atoms with Crippen molar-refractivity contribution in [3.63, 3.8) is 0 Å². The summed E-state index contributed by atoms with van der Waals surface area (Å²) in [5.74, 6) is 4.60. The monoisotopic (exact) mass is 282 g/mol. The van der Waals surface area contributed by atoms with Crippen molar-refractivity contribution in [2.45, 2.75) is 22.5 Å². The van der Waals surface area contributed by atoms with Gasteiger partial charge in [-0.25, -0.2) is 0 Å². The van der Waals surface area contributed by atoms with Gasteiger partial charge < -0.3 is 0 Å². The van der Waals surface area contributed by atoms with Crippen LogP contribution in [0.5, 0.6) is 0 Å². The highest BCUT2D eigenvalue weighted by atomic mass is 32.2. The molecule has 0 N–H and O–H groups in total. The highest BCUT2D eigenvalue weighted by Gasteiger charge is 2.38. The first kappa shape index (κ1) is 13.4. The van der Waals surface area contributed by atoms with Gasteiger partial charge in [-0.3, -0.25) is 0 Å². The maximum absolute atomic E-state index is 3.76. The summed E-state index contributed by atoms with van der Waals surface area (Å²) in [6, 6.07) is 8.83. The smallest absolute Gasteiger partial charge is 0.0677 e. The van der Waals surface area contributed by atoms with Crippen LogP contribution < -0.4 is 0 Å². The first-order chi connectivity index (χ1) is 8.23. The van der Waals surface area contributed by atoms with Crippen LogP contribution in [0.3, 0.4) is 0 Å². The van der Waals surface area contributed by atoms with E-state index < -0.39 is 0 Å². The van der Waals surface area contributed by atoms with Crippen molar-refractivity contribution in [1.82, 2.24) is 0 Å². The molecule has 1 atom stereocenters. The van der Waals surface area contributed by atoms with E-state index in [0.29, 0.717) is 4.08 Å². The molecular formula is C14H18S3. The van der Waals surface area contributed by atoms with E-state index in [9.17, 15) is 0 Å². The number of thioether (sulfide) groups is 3. The van der Waals surface area contributed by atoms with Gasteiger partial charge in [0, 0.05) is 23.0 Å². The largest absolute Gasteiger partial charge is 0.153 e. The summed E-state index contributed by atoms with van der Waals surface area (Å²) in [7, 11) is 0. The molecule has 1 saturated heterocycles. The highest BCUT2D eigenvalue weighted by Crippen LogP contribution is 2.54. The minimum Gasteiger partial charge on any atom is -0.153 e. The molecule has 1 aromatic rings. The van der Waals surface area contributed by atoms with Crippen molar-refractivity contribution in [2.24, 2.45) is 0 Å². The predicted octanol–water partition coefficient (Wildman–Crippen LogP) is 4.80. The van der Waals surface area contributed by atoms with E-state index in [4.69, 9.17) is 0 Å². The molecule has 17 heavy (non-hydrogen) atoms. The van der Waals surface area contributed by atoms with Crippen LogP contribution in [0, 0.1) is 0 Å². The van der Waals surface area contributed by atoms with Crippen LogP contribution in [0.4, 0.5) is 0 Å². The molecule has 0 nitrogen and oxygen atoms in total. The fourth-order valence-corrected chi connectivity index (χ4v) is 4.26. The standard InChI is InChI=1S/C14H18S3/c1-3-8-15-9-12-6-4-5-7-13(12)10-16-14(2)11-17-14/h3-7H,1,8-11H2,2H3. The Morgan fingerprint density at radius 3 is 2.59 bits per heavy atom. The minimum absolute atomic E-state index is 0.501. The summed E-state index contributed by atoms with van der Waals surface area (Å²) in [5, 5.41) is 0. The van der Waals surface area contributed by atoms with Crippen LogP contribution in [-0.4, -0.2) is 15.6 Å². The van der Waals surface area contributed by atoms with Crippen molar-refractivity contribution in [2.75, 3.05) is 11.5 Å². The van der Waals surface area contributed by atoms with Gasteiger partial charge in [0.2, 0.25) is 0 Å². The van der Waals surface area contributed by atoms with Gasteiger partial charge in [-0.05, 0) is 18.1 Å². The molecule has 1 heterocycles. The SMILES string of the molecule is C=CCSCc1ccccc1CSC1(C)CS1. The van der Waals surface area contributed by atoms with Gasteiger partial charge >= 0.3 is 0 Å². The van der Waals surface area contributed by atoms with Crippen molar-refractivity contribution in [3.8, 4) is 0 Å². The Balaban J connectivity index is 1.92. The van der Waals surface area contributed by atoms with Gasteiger partial charge in [-0.2, -0.15) is 11.8 Å². The summed E-state index contributed by atoms with van der Waals surface area (Å²) >= 11 is 6.08. The molecule has 3 heteroatoms. The molecule has 0 spiro atoms. The van der Waals surface area contributed by atoms with Crippen LogP contribution in [-0.2, 0) is 11.5 Å². The molecule has 0 saturated carbocycles. The highest BCUT2D eigenvalue weighted by molar-refractivity contribution is 8.24. The summed E-state index contributed by atoms with van der Waals surface area (Å²) in [6.45, 7) is 6.11. The molecule has 0 bridgehead atoms. The van der Waals surface area contributed by atoms with Gasteiger partial charge in [0.15, 0.2) is 0 Å². The van der Waals surface area contributed by atoms with E-state index in [2.05, 4.69) is 61.3 Å². The third-order valence-corrected chi connectivity index (χ3v) is 6.91. The average Bonchev–Trinajstić information content (AvgIpc) is 3.07. The molecular weight excluding hydrogens is 264 g/mol. The first-order valence-electron chi connectivity index (χ1n) is 5.77. The Labute approximate surface area is 117 Å². The van der Waals surface area contributed by atoms with E-state index in [-0.39, 0.29) is 0 Å². The molecule has 92 valence electrons. The van der Waals surface area contributed by atoms with E-state index in [1.165, 1.54) is 16.9 Å². The van der Waals surface area contributed by atoms with E-state index in [1.54, 1.807) is 0 Å². The van der Waals surface area contributed by atoms with Gasteiger partial charge in [0.1, 0.15) is 0 Å². The van der Waals surface area contributed by atoms with Crippen molar-refractivity contribution >= 4 is 35.3 Å². The second-order valence-electron chi connectivity index (χ2n) is 4.28. The molecule has 1 aliphatic heterocycles. The van der Waals surface area contributed by atoms with Crippen LogP contribution in [0.25, 0.3) is 0 Å². The van der Waals surface area contributed by atoms with Crippen molar-refractivity contribution in [3.05, 3.63) is 48.0 Å². The van der Waals surface area contributed by atoms with Crippen molar-refractivity contribution < 1.29 is 0 Å². The number of benzene rings is 1. The zero-order valence-electron chi connectivity index (χ0n) is 10.1. The lowest BCUT2D eigenvalue weighted by molar-refractivity contribution is 1.14. The molecule has 1 unspecified atom stereocenters. The second-order valence-corrected chi connectivity index (χ2v) is 8.53. The van der Waals surface area contributed by atoms with E-state index in [0.717, 1.165) is 17.3 Å². The fraction of sp³-hybridized carbons (Fsp3) is 0.429. The van der Waals surface area contributed by atoms with Crippen LogP contribution in [0.15, 0.2) is 36.9 Å². The van der Waals surface area contributed by atoms with Crippen molar-refractivity contribution in [1.29, 1.82) is 0 Å². The molecule has 0 aromatic heterocycles. The third kappa shape index (κ3) is 4.31. The molecule has 1 fully saturated rings. The van der Waals surface area contributed by atoms with Crippen LogP contribution in [0.1, 0.15) is 18.1 Å². The van der Waals surface area contributed by atoms with Gasteiger partial charge in [0.25, 0.3) is 0 Å².